The van der Waals surface area contributed by atoms with E-state index < -0.39 is 0 Å². The van der Waals surface area contributed by atoms with Gasteiger partial charge in [-0.25, -0.2) is 0 Å². The van der Waals surface area contributed by atoms with Crippen molar-refractivity contribution in [3.63, 3.8) is 0 Å². The van der Waals surface area contributed by atoms with Gasteiger partial charge in [-0.05, 0) is 45.4 Å². The van der Waals surface area contributed by atoms with Crippen molar-refractivity contribution in [3.8, 4) is 0 Å². The molecule has 2 aromatic rings. The Hall–Kier alpha value is -1.13. The summed E-state index contributed by atoms with van der Waals surface area (Å²) in [5, 5.41) is 8.15. The van der Waals surface area contributed by atoms with Gasteiger partial charge in [-0.15, -0.1) is 0 Å². The van der Waals surface area contributed by atoms with Crippen LogP contribution in [0.4, 0.5) is 0 Å². The number of hydrogen-bond acceptors (Lipinski definition) is 2. The highest BCUT2D eigenvalue weighted by Gasteiger charge is 2.18. The highest BCUT2D eigenvalue weighted by Crippen LogP contribution is 2.24. The number of benzene rings is 1. The van der Waals surface area contributed by atoms with Crippen LogP contribution in [0.1, 0.15) is 48.4 Å². The Morgan fingerprint density at radius 1 is 1.10 bits per heavy atom. The standard InChI is InChI=1S/C16H22BrN3/c1-10(14-6-8-15(17)9-7-14)18-11(2)16-12(3)19-20(5)13(16)4/h6-11,18H,1-5H3/t10-,11?/m1/s1. The Bertz CT molecular complexity index is 587. The van der Waals surface area contributed by atoms with Crippen LogP contribution >= 0.6 is 15.9 Å². The van der Waals surface area contributed by atoms with Crippen molar-refractivity contribution in [3.05, 3.63) is 51.3 Å². The van der Waals surface area contributed by atoms with Gasteiger partial charge >= 0.3 is 0 Å². The van der Waals surface area contributed by atoms with Crippen molar-refractivity contribution < 1.29 is 0 Å². The van der Waals surface area contributed by atoms with Gasteiger partial charge in [0.1, 0.15) is 0 Å². The van der Waals surface area contributed by atoms with Gasteiger partial charge in [0.15, 0.2) is 0 Å². The maximum atomic E-state index is 4.49. The van der Waals surface area contributed by atoms with E-state index in [1.807, 2.05) is 11.7 Å². The zero-order chi connectivity index (χ0) is 14.9. The summed E-state index contributed by atoms with van der Waals surface area (Å²) < 4.78 is 3.06. The second-order valence-corrected chi connectivity index (χ2v) is 6.29. The summed E-state index contributed by atoms with van der Waals surface area (Å²) in [6.45, 7) is 8.59. The summed E-state index contributed by atoms with van der Waals surface area (Å²) in [6.07, 6.45) is 0. The molecular weight excluding hydrogens is 314 g/mol. The molecule has 0 radical (unpaired) electrons. The molecule has 4 heteroatoms. The minimum Gasteiger partial charge on any atom is -0.304 e. The number of aromatic nitrogens is 2. The van der Waals surface area contributed by atoms with Gasteiger partial charge in [-0.3, -0.25) is 4.68 Å². The van der Waals surface area contributed by atoms with Crippen LogP contribution in [-0.4, -0.2) is 9.78 Å². The molecule has 0 fully saturated rings. The smallest absolute Gasteiger partial charge is 0.0644 e. The lowest BCUT2D eigenvalue weighted by Gasteiger charge is -2.21. The molecule has 3 nitrogen and oxygen atoms in total. The van der Waals surface area contributed by atoms with Crippen molar-refractivity contribution in [1.82, 2.24) is 15.1 Å². The van der Waals surface area contributed by atoms with E-state index in [0.717, 1.165) is 10.2 Å². The van der Waals surface area contributed by atoms with Crippen LogP contribution in [0.15, 0.2) is 28.7 Å². The molecule has 0 amide bonds. The first-order valence-corrected chi connectivity index (χ1v) is 7.71. The van der Waals surface area contributed by atoms with Crippen molar-refractivity contribution in [1.29, 1.82) is 0 Å². The summed E-state index contributed by atoms with van der Waals surface area (Å²) in [6, 6.07) is 9.05. The molecule has 2 atom stereocenters. The number of nitrogens with zero attached hydrogens (tertiary/aromatic N) is 2. The molecule has 108 valence electrons. The van der Waals surface area contributed by atoms with E-state index in [4.69, 9.17) is 0 Å². The van der Waals surface area contributed by atoms with Gasteiger partial charge in [-0.1, -0.05) is 28.1 Å². The first-order valence-electron chi connectivity index (χ1n) is 6.91. The Labute approximate surface area is 129 Å². The van der Waals surface area contributed by atoms with E-state index in [9.17, 15) is 0 Å². The van der Waals surface area contributed by atoms with Gasteiger partial charge < -0.3 is 5.32 Å². The Kier molecular flexibility index (Phi) is 4.66. The third-order valence-electron chi connectivity index (χ3n) is 3.87. The summed E-state index contributed by atoms with van der Waals surface area (Å²) in [7, 11) is 2.00. The lowest BCUT2D eigenvalue weighted by molar-refractivity contribution is 0.491. The third kappa shape index (κ3) is 3.13. The van der Waals surface area contributed by atoms with E-state index in [2.05, 4.69) is 78.3 Å². The average molecular weight is 336 g/mol. The van der Waals surface area contributed by atoms with E-state index in [1.54, 1.807) is 0 Å². The minimum absolute atomic E-state index is 0.280. The number of hydrogen-bond donors (Lipinski definition) is 1. The molecule has 1 N–H and O–H groups in total. The van der Waals surface area contributed by atoms with Crippen LogP contribution in [0.3, 0.4) is 0 Å². The Morgan fingerprint density at radius 2 is 1.70 bits per heavy atom. The molecule has 1 heterocycles. The summed E-state index contributed by atoms with van der Waals surface area (Å²) in [5.74, 6) is 0. The van der Waals surface area contributed by atoms with E-state index in [0.29, 0.717) is 6.04 Å². The quantitative estimate of drug-likeness (QED) is 0.906. The van der Waals surface area contributed by atoms with E-state index >= 15 is 0 Å². The van der Waals surface area contributed by atoms with E-state index in [1.165, 1.54) is 16.8 Å². The fourth-order valence-electron chi connectivity index (χ4n) is 2.72. The molecule has 0 aliphatic rings. The molecule has 1 unspecified atom stereocenters. The molecule has 1 aromatic heterocycles. The van der Waals surface area contributed by atoms with Crippen LogP contribution in [0.5, 0.6) is 0 Å². The van der Waals surface area contributed by atoms with Crippen LogP contribution in [0.25, 0.3) is 0 Å². The van der Waals surface area contributed by atoms with Gasteiger partial charge in [0.2, 0.25) is 0 Å². The van der Waals surface area contributed by atoms with Crippen LogP contribution < -0.4 is 5.32 Å². The topological polar surface area (TPSA) is 29.9 Å². The maximum Gasteiger partial charge on any atom is 0.0644 e. The average Bonchev–Trinajstić information content (AvgIpc) is 2.63. The molecule has 0 saturated heterocycles. The molecule has 0 saturated carbocycles. The summed E-state index contributed by atoms with van der Waals surface area (Å²) in [5.41, 5.74) is 4.93. The monoisotopic (exact) mass is 335 g/mol. The van der Waals surface area contributed by atoms with Crippen molar-refractivity contribution in [2.75, 3.05) is 0 Å². The fraction of sp³-hybridized carbons (Fsp3) is 0.438. The molecule has 2 rings (SSSR count). The Morgan fingerprint density at radius 3 is 2.20 bits per heavy atom. The van der Waals surface area contributed by atoms with Crippen LogP contribution in [-0.2, 0) is 7.05 Å². The number of rotatable bonds is 4. The fourth-order valence-corrected chi connectivity index (χ4v) is 2.99. The van der Waals surface area contributed by atoms with Crippen LogP contribution in [0, 0.1) is 13.8 Å². The first-order chi connectivity index (χ1) is 9.40. The predicted molar refractivity (Wildman–Crippen MR) is 86.8 cm³/mol. The molecule has 1 aromatic carbocycles. The molecule has 0 aliphatic carbocycles. The van der Waals surface area contributed by atoms with Gasteiger partial charge in [0, 0.05) is 34.9 Å². The molecule has 0 bridgehead atoms. The van der Waals surface area contributed by atoms with Crippen molar-refractivity contribution in [2.24, 2.45) is 7.05 Å². The zero-order valence-electron chi connectivity index (χ0n) is 12.7. The SMILES string of the molecule is Cc1nn(C)c(C)c1C(C)N[C@H](C)c1ccc(Br)cc1. The zero-order valence-corrected chi connectivity index (χ0v) is 14.3. The van der Waals surface area contributed by atoms with Crippen LogP contribution in [0.2, 0.25) is 0 Å². The highest BCUT2D eigenvalue weighted by molar-refractivity contribution is 9.10. The highest BCUT2D eigenvalue weighted by atomic mass is 79.9. The summed E-state index contributed by atoms with van der Waals surface area (Å²) >= 11 is 3.47. The molecular formula is C16H22BrN3. The largest absolute Gasteiger partial charge is 0.304 e. The van der Waals surface area contributed by atoms with Crippen molar-refractivity contribution in [2.45, 2.75) is 39.8 Å². The second kappa shape index (κ2) is 6.10. The lowest BCUT2D eigenvalue weighted by atomic mass is 10.0. The lowest BCUT2D eigenvalue weighted by Crippen LogP contribution is -2.23. The summed E-state index contributed by atoms with van der Waals surface area (Å²) in [4.78, 5) is 0. The normalized spacial score (nSPS) is 14.3. The molecule has 20 heavy (non-hydrogen) atoms. The van der Waals surface area contributed by atoms with Gasteiger partial charge in [0.25, 0.3) is 0 Å². The first kappa shape index (κ1) is 15.3. The van der Waals surface area contributed by atoms with Crippen molar-refractivity contribution >= 4 is 15.9 Å². The Balaban J connectivity index is 2.14. The third-order valence-corrected chi connectivity index (χ3v) is 4.40. The number of halogens is 1. The minimum atomic E-state index is 0.280. The van der Waals surface area contributed by atoms with Gasteiger partial charge in [0.05, 0.1) is 5.69 Å². The number of nitrogens with one attached hydrogen (secondary N) is 1. The molecule has 0 aliphatic heterocycles. The second-order valence-electron chi connectivity index (χ2n) is 5.37. The number of aryl methyl sites for hydroxylation is 2. The maximum absolute atomic E-state index is 4.49. The molecule has 0 spiro atoms. The van der Waals surface area contributed by atoms with E-state index in [-0.39, 0.29) is 6.04 Å². The predicted octanol–water partition coefficient (Wildman–Crippen LogP) is 4.21. The van der Waals surface area contributed by atoms with Gasteiger partial charge in [-0.2, -0.15) is 5.10 Å².